The summed E-state index contributed by atoms with van der Waals surface area (Å²) in [5, 5.41) is 13.5. The van der Waals surface area contributed by atoms with Gasteiger partial charge in [-0.1, -0.05) is 6.92 Å². The van der Waals surface area contributed by atoms with E-state index in [1.165, 1.54) is 13.0 Å². The van der Waals surface area contributed by atoms with Crippen LogP contribution < -0.4 is 9.03 Å². The lowest BCUT2D eigenvalue weighted by molar-refractivity contribution is -0.117. The van der Waals surface area contributed by atoms with Gasteiger partial charge in [-0.05, 0) is 12.1 Å². The van der Waals surface area contributed by atoms with Crippen LogP contribution in [-0.4, -0.2) is 31.5 Å². The average Bonchev–Trinajstić information content (AvgIpc) is 3.15. The van der Waals surface area contributed by atoms with Crippen molar-refractivity contribution in [1.29, 1.82) is 0 Å². The van der Waals surface area contributed by atoms with Crippen LogP contribution in [0.5, 0.6) is 5.75 Å². The molecule has 1 aromatic carbocycles. The lowest BCUT2D eigenvalue weighted by Crippen LogP contribution is -2.23. The molecule has 1 amide bonds. The molecule has 2 N–H and O–H groups in total. The van der Waals surface area contributed by atoms with E-state index in [-0.39, 0.29) is 11.1 Å². The second-order valence-electron chi connectivity index (χ2n) is 5.30. The predicted octanol–water partition coefficient (Wildman–Crippen LogP) is 1.87. The minimum Gasteiger partial charge on any atom is -0.506 e. The van der Waals surface area contributed by atoms with Gasteiger partial charge in [0.05, 0.1) is 6.20 Å². The minimum atomic E-state index is -3.22. The first-order chi connectivity index (χ1) is 11.7. The maximum atomic E-state index is 14.9. The number of nitrogens with one attached hydrogen (secondary N) is 1. The number of anilines is 1. The molecule has 1 aromatic heterocycles. The second kappa shape index (κ2) is 6.06. The third kappa shape index (κ3) is 2.95. The smallest absolute Gasteiger partial charge is 0.343 e. The van der Waals surface area contributed by atoms with E-state index in [0.717, 1.165) is 22.8 Å². The molecule has 0 radical (unpaired) electrons. The molecule has 25 heavy (non-hydrogen) atoms. The highest BCUT2D eigenvalue weighted by molar-refractivity contribution is 7.85. The zero-order chi connectivity index (χ0) is 18.4. The van der Waals surface area contributed by atoms with Crippen LogP contribution in [0.4, 0.5) is 18.9 Å². The highest BCUT2D eigenvalue weighted by atomic mass is 32.2. The number of benzene rings is 1. The maximum Gasteiger partial charge on any atom is 0.343 e. The van der Waals surface area contributed by atoms with Gasteiger partial charge in [0, 0.05) is 23.7 Å². The van der Waals surface area contributed by atoms with Gasteiger partial charge >= 0.3 is 6.05 Å². The number of phenols is 1. The lowest BCUT2D eigenvalue weighted by atomic mass is 10.1. The number of carbonyl (C=O) groups excluding carboxylic acids is 1. The van der Waals surface area contributed by atoms with Gasteiger partial charge in [0.2, 0.25) is 11.2 Å². The van der Waals surface area contributed by atoms with Gasteiger partial charge in [-0.25, -0.2) is 13.3 Å². The summed E-state index contributed by atoms with van der Waals surface area (Å²) in [5.74, 6) is -2.13. The second-order valence-corrected chi connectivity index (χ2v) is 6.44. The normalized spacial score (nSPS) is 17.8. The monoisotopic (exact) mass is 374 g/mol. The largest absolute Gasteiger partial charge is 0.506 e. The molecule has 3 rings (SSSR count). The average molecular weight is 374 g/mol. The first kappa shape index (κ1) is 17.3. The van der Waals surface area contributed by atoms with Gasteiger partial charge in [-0.3, -0.25) is 13.8 Å². The van der Waals surface area contributed by atoms with Crippen molar-refractivity contribution in [2.75, 3.05) is 10.8 Å². The molecule has 2 heterocycles. The predicted molar refractivity (Wildman–Crippen MR) is 83.4 cm³/mol. The molecule has 1 saturated heterocycles. The van der Waals surface area contributed by atoms with Crippen molar-refractivity contribution in [1.82, 2.24) is 14.5 Å². The molecule has 2 aromatic rings. The Morgan fingerprint density at radius 2 is 2.16 bits per heavy atom. The van der Waals surface area contributed by atoms with Gasteiger partial charge in [0.1, 0.15) is 18.0 Å². The van der Waals surface area contributed by atoms with Crippen LogP contribution in [-0.2, 0) is 22.0 Å². The molecule has 134 valence electrons. The summed E-state index contributed by atoms with van der Waals surface area (Å²) in [5.41, 5.74) is -0.525. The van der Waals surface area contributed by atoms with Crippen molar-refractivity contribution in [2.24, 2.45) is 0 Å². The Bertz CT molecular complexity index is 871. The van der Waals surface area contributed by atoms with Crippen molar-refractivity contribution >= 4 is 22.8 Å². The van der Waals surface area contributed by atoms with Crippen LogP contribution >= 0.6 is 0 Å². The molecule has 1 atom stereocenters. The highest BCUT2D eigenvalue weighted by Crippen LogP contribution is 2.38. The number of amides is 1. The minimum absolute atomic E-state index is 0.0520. The van der Waals surface area contributed by atoms with Gasteiger partial charge in [-0.2, -0.15) is 13.9 Å². The fourth-order valence-corrected chi connectivity index (χ4v) is 3.30. The zero-order valence-electron chi connectivity index (χ0n) is 12.9. The van der Waals surface area contributed by atoms with Crippen molar-refractivity contribution in [3.05, 3.63) is 30.3 Å². The fourth-order valence-electron chi connectivity index (χ4n) is 2.35. The summed E-state index contributed by atoms with van der Waals surface area (Å²) < 4.78 is 57.4. The molecule has 1 unspecified atom stereocenters. The number of hydrogen-bond acceptors (Lipinski definition) is 4. The molecular weight excluding hydrogens is 361 g/mol. The molecular formula is C14H13F3N4O3S. The number of aromatic nitrogens is 2. The Balaban J connectivity index is 2.06. The summed E-state index contributed by atoms with van der Waals surface area (Å²) in [7, 11) is 0. The zero-order valence-corrected chi connectivity index (χ0v) is 13.7. The molecule has 11 heteroatoms. The third-order valence-electron chi connectivity index (χ3n) is 3.69. The SMILES string of the molecule is CCC(F)(F)n1cc(-c2ccc(O)c(N3CC(=O)NS3=O)c2F)cn1. The van der Waals surface area contributed by atoms with E-state index >= 15 is 0 Å². The number of nitrogens with zero attached hydrogens (tertiary/aromatic N) is 3. The van der Waals surface area contributed by atoms with Crippen molar-refractivity contribution < 1.29 is 27.3 Å². The molecule has 0 aliphatic carbocycles. The molecule has 1 aliphatic heterocycles. The van der Waals surface area contributed by atoms with Crippen LogP contribution in [0.25, 0.3) is 11.1 Å². The van der Waals surface area contributed by atoms with Crippen LogP contribution in [0.2, 0.25) is 0 Å². The van der Waals surface area contributed by atoms with Crippen molar-refractivity contribution in [2.45, 2.75) is 19.4 Å². The van der Waals surface area contributed by atoms with Gasteiger partial charge in [0.15, 0.2) is 5.82 Å². The Morgan fingerprint density at radius 3 is 2.76 bits per heavy atom. The number of halogens is 3. The Kier molecular flexibility index (Phi) is 4.19. The standard InChI is InChI=1S/C14H13F3N4O3S/c1-2-14(16,17)21-6-8(5-18-21)9-3-4-10(22)13(12(9)15)20-7-11(23)19-25(20)24/h3-6,22H,2,7H2,1H3,(H,19,23). The van der Waals surface area contributed by atoms with Gasteiger partial charge in [-0.15, -0.1) is 0 Å². The summed E-state index contributed by atoms with van der Waals surface area (Å²) in [6, 6.07) is -0.905. The Morgan fingerprint density at radius 1 is 1.44 bits per heavy atom. The molecule has 1 fully saturated rings. The summed E-state index contributed by atoms with van der Waals surface area (Å²) in [6.45, 7) is 0.876. The van der Waals surface area contributed by atoms with Gasteiger partial charge < -0.3 is 5.11 Å². The molecule has 1 aliphatic rings. The van der Waals surface area contributed by atoms with E-state index in [1.54, 1.807) is 0 Å². The van der Waals surface area contributed by atoms with Crippen LogP contribution in [0.1, 0.15) is 13.3 Å². The Labute approximate surface area is 142 Å². The van der Waals surface area contributed by atoms with Crippen LogP contribution in [0.3, 0.4) is 0 Å². The van der Waals surface area contributed by atoms with E-state index in [1.807, 2.05) is 0 Å². The van der Waals surface area contributed by atoms with E-state index in [2.05, 4.69) is 9.82 Å². The number of phenolic OH excluding ortho intramolecular Hbond substituents is 1. The van der Waals surface area contributed by atoms with Crippen molar-refractivity contribution in [3.63, 3.8) is 0 Å². The number of aromatic hydroxyl groups is 1. The number of carbonyl (C=O) groups is 1. The molecule has 0 bridgehead atoms. The van der Waals surface area contributed by atoms with Crippen LogP contribution in [0, 0.1) is 5.82 Å². The molecule has 7 nitrogen and oxygen atoms in total. The summed E-state index contributed by atoms with van der Waals surface area (Å²) >= 11 is -2.04. The van der Waals surface area contributed by atoms with E-state index in [0.29, 0.717) is 4.68 Å². The maximum absolute atomic E-state index is 14.9. The van der Waals surface area contributed by atoms with E-state index < -0.39 is 53.3 Å². The van der Waals surface area contributed by atoms with Gasteiger partial charge in [0.25, 0.3) is 5.91 Å². The molecule has 0 spiro atoms. The highest BCUT2D eigenvalue weighted by Gasteiger charge is 2.33. The first-order valence-corrected chi connectivity index (χ1v) is 8.29. The quantitative estimate of drug-likeness (QED) is 0.855. The molecule has 0 saturated carbocycles. The van der Waals surface area contributed by atoms with E-state index in [4.69, 9.17) is 0 Å². The summed E-state index contributed by atoms with van der Waals surface area (Å²) in [6.07, 6.45) is 1.55. The number of alkyl halides is 2. The lowest BCUT2D eigenvalue weighted by Gasteiger charge is -2.17. The Hall–Kier alpha value is -2.56. The summed E-state index contributed by atoms with van der Waals surface area (Å²) in [4.78, 5) is 11.3. The number of hydrogen-bond donors (Lipinski definition) is 2. The van der Waals surface area contributed by atoms with Crippen molar-refractivity contribution in [3.8, 4) is 16.9 Å². The number of rotatable bonds is 4. The van der Waals surface area contributed by atoms with E-state index in [9.17, 15) is 27.3 Å². The third-order valence-corrected chi connectivity index (χ3v) is 4.80. The first-order valence-electron chi connectivity index (χ1n) is 7.18. The fraction of sp³-hybridized carbons (Fsp3) is 0.286. The topological polar surface area (TPSA) is 87.5 Å². The van der Waals surface area contributed by atoms with Crippen LogP contribution in [0.15, 0.2) is 24.5 Å².